The van der Waals surface area contributed by atoms with Gasteiger partial charge in [-0.1, -0.05) is 12.1 Å². The number of H-pyrrole nitrogens is 2. The smallest absolute Gasteiger partial charge is 0.335 e. The molecule has 6 nitrogen and oxygen atoms in total. The van der Waals surface area contributed by atoms with Crippen LogP contribution in [0.5, 0.6) is 0 Å². The van der Waals surface area contributed by atoms with Gasteiger partial charge in [0, 0.05) is 146 Å². The number of nitrogens with zero attached hydrogens (tertiary/aromatic N) is 2. The third kappa shape index (κ3) is 7.48. The van der Waals surface area contributed by atoms with Crippen molar-refractivity contribution in [3.05, 3.63) is 95.1 Å². The summed E-state index contributed by atoms with van der Waals surface area (Å²) in [4.78, 5) is 27.5. The molecule has 0 saturated carbocycles. The molecule has 0 aliphatic carbocycles. The number of benzene rings is 1. The molecule has 2 aliphatic heterocycles. The van der Waals surface area contributed by atoms with Gasteiger partial charge in [-0.15, -0.1) is 0 Å². The molecule has 0 atom stereocenters. The number of hydrogen-bond donors (Lipinski definition) is 3. The molecule has 3 N–H and O–H groups in total. The summed E-state index contributed by atoms with van der Waals surface area (Å²) >= 11 is 0. The fourth-order valence-corrected chi connectivity index (χ4v) is 4.05. The molecule has 3 aromatic heterocycles. The van der Waals surface area contributed by atoms with Crippen molar-refractivity contribution in [3.63, 3.8) is 0 Å². The Bertz CT molecular complexity index is 1650. The quantitative estimate of drug-likeness (QED) is 0.292. The fourth-order valence-electron chi connectivity index (χ4n) is 4.05. The van der Waals surface area contributed by atoms with E-state index in [4.69, 9.17) is 9.97 Å². The second kappa shape index (κ2) is 14.1. The van der Waals surface area contributed by atoms with Crippen molar-refractivity contribution in [2.24, 2.45) is 0 Å². The first-order valence-electron chi connectivity index (χ1n) is 10.5. The van der Waals surface area contributed by atoms with Gasteiger partial charge in [0.25, 0.3) is 0 Å². The first kappa shape index (κ1) is 32.5. The maximum atomic E-state index is 11.2. The van der Waals surface area contributed by atoms with Crippen LogP contribution < -0.4 is 0 Å². The standard InChI is InChI=1S/C27H18N4O2.4Na/c32-27(33)17-3-1-16(2-4-17)25-14-24-13-22-8-7-20(29-22)11-18-5-6-19(28-18)12-21-9-10-23(30-21)15-26(25)31-24;;;;/h1-15,28,31H,(H,32,33);;;;. The molecule has 0 unspecified atom stereocenters. The van der Waals surface area contributed by atoms with E-state index in [-0.39, 0.29) is 124 Å². The van der Waals surface area contributed by atoms with Gasteiger partial charge in [-0.25, -0.2) is 14.8 Å². The van der Waals surface area contributed by atoms with Gasteiger partial charge in [0.2, 0.25) is 0 Å². The van der Waals surface area contributed by atoms with E-state index in [2.05, 4.69) is 9.97 Å². The monoisotopic (exact) mass is 522 g/mol. The van der Waals surface area contributed by atoms with Gasteiger partial charge < -0.3 is 15.1 Å². The van der Waals surface area contributed by atoms with E-state index in [1.54, 1.807) is 12.1 Å². The molecule has 2 aliphatic rings. The first-order valence-corrected chi connectivity index (χ1v) is 10.5. The van der Waals surface area contributed by atoms with Crippen LogP contribution >= 0.6 is 0 Å². The van der Waals surface area contributed by atoms with Crippen LogP contribution in [0.25, 0.3) is 57.5 Å². The van der Waals surface area contributed by atoms with E-state index in [0.717, 1.165) is 56.0 Å². The topological polar surface area (TPSA) is 94.7 Å². The summed E-state index contributed by atoms with van der Waals surface area (Å²) in [5.74, 6) is -0.942. The Morgan fingerprint density at radius 3 is 1.59 bits per heavy atom. The number of aromatic carboxylic acids is 1. The van der Waals surface area contributed by atoms with Crippen molar-refractivity contribution in [1.29, 1.82) is 0 Å². The number of carboxylic acid groups (broad SMARTS) is 1. The number of rotatable bonds is 2. The number of fused-ring (bicyclic) bond motifs is 8. The van der Waals surface area contributed by atoms with Crippen molar-refractivity contribution >= 4 is 171 Å². The third-order valence-electron chi connectivity index (χ3n) is 5.61. The van der Waals surface area contributed by atoms with E-state index in [1.165, 1.54) is 0 Å². The average Bonchev–Trinajstić information content (AvgIpc) is 3.59. The van der Waals surface area contributed by atoms with E-state index in [9.17, 15) is 9.90 Å². The van der Waals surface area contributed by atoms with Crippen LogP contribution in [0, 0.1) is 0 Å². The fraction of sp³-hybridized carbons (Fsp3) is 0. The molecule has 5 heterocycles. The number of nitrogens with one attached hydrogen (secondary N) is 2. The Labute approximate surface area is 302 Å². The van der Waals surface area contributed by atoms with Crippen LogP contribution in [0.4, 0.5) is 0 Å². The van der Waals surface area contributed by atoms with Gasteiger partial charge in [-0.05, 0) is 84.5 Å². The van der Waals surface area contributed by atoms with Gasteiger partial charge in [0.15, 0.2) is 0 Å². The van der Waals surface area contributed by atoms with Crippen molar-refractivity contribution < 1.29 is 9.90 Å². The van der Waals surface area contributed by atoms with Gasteiger partial charge in [0.1, 0.15) is 0 Å². The molecular weight excluding hydrogens is 504 g/mol. The van der Waals surface area contributed by atoms with E-state index in [0.29, 0.717) is 0 Å². The Morgan fingerprint density at radius 2 is 1.08 bits per heavy atom. The van der Waals surface area contributed by atoms with Crippen LogP contribution in [0.15, 0.2) is 66.7 Å². The van der Waals surface area contributed by atoms with Crippen molar-refractivity contribution in [2.75, 3.05) is 0 Å². The molecule has 10 heteroatoms. The Balaban J connectivity index is 0.00000120. The summed E-state index contributed by atoms with van der Waals surface area (Å²) < 4.78 is 0. The minimum atomic E-state index is -0.942. The molecule has 0 amide bonds. The minimum Gasteiger partial charge on any atom is -0.478 e. The zero-order chi connectivity index (χ0) is 22.4. The summed E-state index contributed by atoms with van der Waals surface area (Å²) in [6.45, 7) is 0. The van der Waals surface area contributed by atoms with Gasteiger partial charge in [-0.3, -0.25) is 0 Å². The molecule has 4 radical (unpaired) electrons. The second-order valence-corrected chi connectivity index (χ2v) is 7.97. The van der Waals surface area contributed by atoms with Crippen LogP contribution in [-0.2, 0) is 0 Å². The number of carboxylic acids is 1. The molecule has 162 valence electrons. The maximum Gasteiger partial charge on any atom is 0.335 e. The molecule has 6 rings (SSSR count). The Kier molecular flexibility index (Phi) is 12.4. The summed E-state index contributed by atoms with van der Waals surface area (Å²) in [7, 11) is 0. The zero-order valence-electron chi connectivity index (χ0n) is 21.4. The van der Waals surface area contributed by atoms with Crippen molar-refractivity contribution in [1.82, 2.24) is 19.9 Å². The van der Waals surface area contributed by atoms with Gasteiger partial charge in [0.05, 0.1) is 28.3 Å². The predicted octanol–water partition coefficient (Wildman–Crippen LogP) is 4.50. The number of hydrogen-bond acceptors (Lipinski definition) is 3. The third-order valence-corrected chi connectivity index (χ3v) is 5.61. The van der Waals surface area contributed by atoms with E-state index in [1.807, 2.05) is 78.9 Å². The minimum absolute atomic E-state index is 0. The summed E-state index contributed by atoms with van der Waals surface area (Å²) in [5, 5.41) is 9.23. The molecule has 0 fully saturated rings. The SMILES string of the molecule is O=C(O)c1ccc(-c2cc3cc4nc(cc5ccc(cc6nc(cc2[nH]3)C=C6)[nH]5)C=C4)cc1.[Na].[Na].[Na].[Na]. The summed E-state index contributed by atoms with van der Waals surface area (Å²) in [6.07, 6.45) is 7.93. The molecule has 37 heavy (non-hydrogen) atoms. The molecule has 4 aromatic rings. The van der Waals surface area contributed by atoms with Crippen LogP contribution in [0.3, 0.4) is 0 Å². The van der Waals surface area contributed by atoms with Crippen LogP contribution in [0.1, 0.15) is 33.1 Å². The number of aromatic nitrogens is 4. The van der Waals surface area contributed by atoms with Crippen LogP contribution in [-0.4, -0.2) is 149 Å². The first-order chi connectivity index (χ1) is 16.1. The van der Waals surface area contributed by atoms with Crippen LogP contribution in [0.2, 0.25) is 0 Å². The van der Waals surface area contributed by atoms with Gasteiger partial charge in [-0.2, -0.15) is 0 Å². The largest absolute Gasteiger partial charge is 0.478 e. The van der Waals surface area contributed by atoms with Crippen molar-refractivity contribution in [3.8, 4) is 11.1 Å². The van der Waals surface area contributed by atoms with Crippen molar-refractivity contribution in [2.45, 2.75) is 0 Å². The molecule has 0 spiro atoms. The Morgan fingerprint density at radius 1 is 0.595 bits per heavy atom. The van der Waals surface area contributed by atoms with Gasteiger partial charge >= 0.3 is 5.97 Å². The normalized spacial score (nSPS) is 10.9. The second-order valence-electron chi connectivity index (χ2n) is 7.97. The molecular formula is C27H18N4Na4O2. The van der Waals surface area contributed by atoms with E-state index < -0.39 is 5.97 Å². The summed E-state index contributed by atoms with van der Waals surface area (Å²) in [6, 6.07) is 21.0. The molecule has 8 bridgehead atoms. The van der Waals surface area contributed by atoms with E-state index >= 15 is 0 Å². The number of carbonyl (C=O) groups is 1. The summed E-state index contributed by atoms with van der Waals surface area (Å²) in [5.41, 5.74) is 9.29. The number of aromatic amines is 2. The Hall–Kier alpha value is -0.710. The predicted molar refractivity (Wildman–Crippen MR) is 154 cm³/mol. The average molecular weight is 522 g/mol. The molecule has 0 saturated heterocycles. The maximum absolute atomic E-state index is 11.2. The zero-order valence-corrected chi connectivity index (χ0v) is 29.4. The molecule has 1 aromatic carbocycles.